The quantitative estimate of drug-likeness (QED) is 0.714. The van der Waals surface area contributed by atoms with Gasteiger partial charge in [0.15, 0.2) is 0 Å². The summed E-state index contributed by atoms with van der Waals surface area (Å²) < 4.78 is 40.1. The van der Waals surface area contributed by atoms with Crippen molar-refractivity contribution >= 4 is 11.0 Å². The van der Waals surface area contributed by atoms with Crippen molar-refractivity contribution in [2.45, 2.75) is 51.7 Å². The van der Waals surface area contributed by atoms with Gasteiger partial charge in [-0.3, -0.25) is 14.8 Å². The van der Waals surface area contributed by atoms with Gasteiger partial charge >= 0.3 is 11.9 Å². The number of halogens is 3. The average Bonchev–Trinajstić information content (AvgIpc) is 2.90. The van der Waals surface area contributed by atoms with Crippen LogP contribution in [0.1, 0.15) is 50.6 Å². The molecule has 0 aliphatic carbocycles. The van der Waals surface area contributed by atoms with E-state index in [1.165, 1.54) is 4.68 Å². The Balaban J connectivity index is 2.14. The maximum absolute atomic E-state index is 12.9. The molecule has 1 aromatic carbocycles. The van der Waals surface area contributed by atoms with Gasteiger partial charge in [0.05, 0.1) is 18.2 Å². The van der Waals surface area contributed by atoms with Gasteiger partial charge in [0, 0.05) is 0 Å². The second-order valence-corrected chi connectivity index (χ2v) is 7.86. The molecule has 3 aromatic rings. The van der Waals surface area contributed by atoms with Crippen LogP contribution in [-0.4, -0.2) is 25.9 Å². The SMILES string of the molecule is CC(c1ccc(C(C)(C)C)cc1)n1nc(CC(F)(F)F)c2c(=O)[nH]c(=O)[nH]c21. The highest BCUT2D eigenvalue weighted by atomic mass is 19.4. The monoisotopic (exact) mass is 394 g/mol. The Morgan fingerprint density at radius 2 is 1.68 bits per heavy atom. The summed E-state index contributed by atoms with van der Waals surface area (Å²) >= 11 is 0. The zero-order chi connectivity index (χ0) is 20.9. The standard InChI is InChI=1S/C19H21F3N4O2/c1-10(11-5-7-12(8-6-11)18(2,3)4)26-15-14(16(27)24-17(28)23-15)13(25-26)9-19(20,21)22/h5-8,10H,9H2,1-4H3,(H2,23,24,27,28). The van der Waals surface area contributed by atoms with E-state index in [9.17, 15) is 22.8 Å². The van der Waals surface area contributed by atoms with Crippen molar-refractivity contribution in [1.29, 1.82) is 0 Å². The molecule has 0 saturated carbocycles. The second kappa shape index (κ2) is 6.65. The summed E-state index contributed by atoms with van der Waals surface area (Å²) in [6, 6.07) is 7.14. The van der Waals surface area contributed by atoms with E-state index >= 15 is 0 Å². The van der Waals surface area contributed by atoms with E-state index in [2.05, 4.69) is 30.9 Å². The van der Waals surface area contributed by atoms with Crippen molar-refractivity contribution in [2.24, 2.45) is 0 Å². The third-order valence-corrected chi connectivity index (χ3v) is 4.66. The number of alkyl halides is 3. The molecule has 28 heavy (non-hydrogen) atoms. The smallest absolute Gasteiger partial charge is 0.292 e. The Labute approximate surface area is 158 Å². The first kappa shape index (κ1) is 19.9. The molecule has 1 atom stereocenters. The molecule has 2 aromatic heterocycles. The van der Waals surface area contributed by atoms with Crippen LogP contribution >= 0.6 is 0 Å². The predicted molar refractivity (Wildman–Crippen MR) is 99.7 cm³/mol. The van der Waals surface area contributed by atoms with E-state index < -0.39 is 35.6 Å². The Morgan fingerprint density at radius 3 is 2.21 bits per heavy atom. The van der Waals surface area contributed by atoms with E-state index in [1.54, 1.807) is 6.92 Å². The molecule has 0 spiro atoms. The summed E-state index contributed by atoms with van der Waals surface area (Å²) in [7, 11) is 0. The first-order valence-corrected chi connectivity index (χ1v) is 8.78. The van der Waals surface area contributed by atoms with Gasteiger partial charge < -0.3 is 0 Å². The van der Waals surface area contributed by atoms with Gasteiger partial charge in [-0.1, -0.05) is 45.0 Å². The fourth-order valence-electron chi connectivity index (χ4n) is 3.14. The van der Waals surface area contributed by atoms with Gasteiger partial charge in [0.2, 0.25) is 0 Å². The van der Waals surface area contributed by atoms with E-state index in [1.807, 2.05) is 29.2 Å². The molecule has 0 aliphatic rings. The van der Waals surface area contributed by atoms with Crippen molar-refractivity contribution in [3.63, 3.8) is 0 Å². The van der Waals surface area contributed by atoms with Gasteiger partial charge in [0.1, 0.15) is 11.0 Å². The number of H-pyrrole nitrogens is 2. The van der Waals surface area contributed by atoms with Gasteiger partial charge in [-0.2, -0.15) is 18.3 Å². The van der Waals surface area contributed by atoms with Crippen LogP contribution in [0, 0.1) is 0 Å². The molecule has 0 radical (unpaired) electrons. The van der Waals surface area contributed by atoms with Gasteiger partial charge in [-0.15, -0.1) is 0 Å². The number of aromatic nitrogens is 4. The van der Waals surface area contributed by atoms with Crippen LogP contribution < -0.4 is 11.2 Å². The lowest BCUT2D eigenvalue weighted by atomic mass is 9.86. The number of nitrogens with zero attached hydrogens (tertiary/aromatic N) is 2. The fraction of sp³-hybridized carbons (Fsp3) is 0.421. The first-order chi connectivity index (χ1) is 12.9. The number of hydrogen-bond acceptors (Lipinski definition) is 3. The lowest BCUT2D eigenvalue weighted by Crippen LogP contribution is -2.23. The van der Waals surface area contributed by atoms with Crippen LogP contribution in [0.4, 0.5) is 13.2 Å². The third kappa shape index (κ3) is 3.88. The normalized spacial score (nSPS) is 13.8. The molecule has 3 rings (SSSR count). The molecule has 1 unspecified atom stereocenters. The van der Waals surface area contributed by atoms with Crippen molar-refractivity contribution in [1.82, 2.24) is 19.7 Å². The van der Waals surface area contributed by atoms with Crippen LogP contribution in [0.15, 0.2) is 33.9 Å². The molecule has 0 bridgehead atoms. The molecule has 0 saturated heterocycles. The van der Waals surface area contributed by atoms with Crippen LogP contribution in [0.25, 0.3) is 11.0 Å². The maximum atomic E-state index is 12.9. The minimum Gasteiger partial charge on any atom is -0.292 e. The highest BCUT2D eigenvalue weighted by molar-refractivity contribution is 5.77. The lowest BCUT2D eigenvalue weighted by Gasteiger charge is -2.20. The Hall–Kier alpha value is -2.84. The summed E-state index contributed by atoms with van der Waals surface area (Å²) in [6.07, 6.45) is -5.90. The number of rotatable bonds is 3. The summed E-state index contributed by atoms with van der Waals surface area (Å²) in [4.78, 5) is 28.2. The first-order valence-electron chi connectivity index (χ1n) is 8.78. The van der Waals surface area contributed by atoms with E-state index in [4.69, 9.17) is 0 Å². The minimum atomic E-state index is -4.54. The largest absolute Gasteiger partial charge is 0.394 e. The second-order valence-electron chi connectivity index (χ2n) is 7.86. The van der Waals surface area contributed by atoms with E-state index in [0.29, 0.717) is 0 Å². The van der Waals surface area contributed by atoms with E-state index in [0.717, 1.165) is 11.1 Å². The van der Waals surface area contributed by atoms with Crippen molar-refractivity contribution in [2.75, 3.05) is 0 Å². The number of aromatic amines is 2. The molecule has 150 valence electrons. The van der Waals surface area contributed by atoms with Crippen LogP contribution in [0.5, 0.6) is 0 Å². The third-order valence-electron chi connectivity index (χ3n) is 4.66. The Kier molecular flexibility index (Phi) is 4.73. The van der Waals surface area contributed by atoms with Crippen molar-refractivity contribution < 1.29 is 13.2 Å². The Bertz CT molecular complexity index is 1120. The van der Waals surface area contributed by atoms with Gasteiger partial charge in [-0.25, -0.2) is 9.48 Å². The molecular weight excluding hydrogens is 373 g/mol. The molecule has 0 aliphatic heterocycles. The number of nitrogens with one attached hydrogen (secondary N) is 2. The molecule has 9 heteroatoms. The van der Waals surface area contributed by atoms with Crippen LogP contribution in [0.3, 0.4) is 0 Å². The van der Waals surface area contributed by atoms with Crippen molar-refractivity contribution in [3.8, 4) is 0 Å². The zero-order valence-corrected chi connectivity index (χ0v) is 15.9. The summed E-state index contributed by atoms with van der Waals surface area (Å²) in [5, 5.41) is 3.78. The van der Waals surface area contributed by atoms with Crippen LogP contribution in [-0.2, 0) is 11.8 Å². The highest BCUT2D eigenvalue weighted by Gasteiger charge is 2.32. The number of hydrogen-bond donors (Lipinski definition) is 2. The number of fused-ring (bicyclic) bond motifs is 1. The molecule has 2 heterocycles. The lowest BCUT2D eigenvalue weighted by molar-refractivity contribution is -0.127. The molecule has 2 N–H and O–H groups in total. The van der Waals surface area contributed by atoms with Crippen LogP contribution in [0.2, 0.25) is 0 Å². The topological polar surface area (TPSA) is 83.5 Å². The predicted octanol–water partition coefficient (Wildman–Crippen LogP) is 3.42. The minimum absolute atomic E-state index is 0.0274. The summed E-state index contributed by atoms with van der Waals surface area (Å²) in [5.74, 6) is 0. The average molecular weight is 394 g/mol. The van der Waals surface area contributed by atoms with Crippen molar-refractivity contribution in [3.05, 3.63) is 61.9 Å². The molecule has 0 amide bonds. The summed E-state index contributed by atoms with van der Waals surface area (Å²) in [6.45, 7) is 7.97. The molecule has 0 fully saturated rings. The highest BCUT2D eigenvalue weighted by Crippen LogP contribution is 2.28. The van der Waals surface area contributed by atoms with Gasteiger partial charge in [0.25, 0.3) is 5.56 Å². The Morgan fingerprint density at radius 1 is 1.07 bits per heavy atom. The summed E-state index contributed by atoms with van der Waals surface area (Å²) in [5.41, 5.74) is -0.280. The zero-order valence-electron chi connectivity index (χ0n) is 15.9. The molecule has 6 nitrogen and oxygen atoms in total. The number of benzene rings is 1. The van der Waals surface area contributed by atoms with E-state index in [-0.39, 0.29) is 16.4 Å². The maximum Gasteiger partial charge on any atom is 0.394 e. The molecular formula is C19H21F3N4O2. The fourth-order valence-corrected chi connectivity index (χ4v) is 3.14. The van der Waals surface area contributed by atoms with Gasteiger partial charge in [-0.05, 0) is 23.5 Å².